The Kier molecular flexibility index (Phi) is 4.46. The molecule has 0 aliphatic carbocycles. The van der Waals surface area contributed by atoms with Gasteiger partial charge in [-0.25, -0.2) is 0 Å². The van der Waals surface area contributed by atoms with Gasteiger partial charge in [-0.1, -0.05) is 0 Å². The zero-order chi connectivity index (χ0) is 8.81. The Morgan fingerprint density at radius 2 is 1.75 bits per heavy atom. The van der Waals surface area contributed by atoms with Gasteiger partial charge in [0.05, 0.1) is 0 Å². The van der Waals surface area contributed by atoms with Gasteiger partial charge < -0.3 is 0 Å². The Balaban J connectivity index is 2.66. The van der Waals surface area contributed by atoms with Crippen molar-refractivity contribution in [2.24, 2.45) is 0 Å². The summed E-state index contributed by atoms with van der Waals surface area (Å²) in [7, 11) is 0. The molecule has 0 aromatic heterocycles. The fraction of sp³-hybridized carbons (Fsp3) is 0.455. The molecule has 1 heteroatoms. The quantitative estimate of drug-likeness (QED) is 0.690. The van der Waals surface area contributed by atoms with Crippen molar-refractivity contribution in [1.82, 2.24) is 0 Å². The summed E-state index contributed by atoms with van der Waals surface area (Å²) >= 11 is -0.639. The van der Waals surface area contributed by atoms with Gasteiger partial charge in [-0.3, -0.25) is 0 Å². The zero-order valence-corrected chi connectivity index (χ0v) is 9.83. The first kappa shape index (κ1) is 9.86. The monoisotopic (exact) mass is 224 g/mol. The van der Waals surface area contributed by atoms with E-state index in [1.54, 1.807) is 4.35 Å². The molecule has 12 heavy (non-hydrogen) atoms. The topological polar surface area (TPSA) is 0 Å². The minimum absolute atomic E-state index is 0.639. The van der Waals surface area contributed by atoms with E-state index in [2.05, 4.69) is 44.2 Å². The number of rotatable bonds is 4. The average molecular weight is 224 g/mol. The van der Waals surface area contributed by atoms with Crippen LogP contribution in [0.25, 0.3) is 0 Å². The van der Waals surface area contributed by atoms with Gasteiger partial charge in [0.15, 0.2) is 0 Å². The molecule has 0 bridgehead atoms. The van der Waals surface area contributed by atoms with Crippen LogP contribution in [0.15, 0.2) is 30.3 Å². The van der Waals surface area contributed by atoms with Crippen LogP contribution in [-0.2, 0) is 0 Å². The van der Waals surface area contributed by atoms with Crippen LogP contribution in [0.3, 0.4) is 0 Å². The molecule has 0 saturated heterocycles. The standard InChI is InChI=1S/C11H17As/c1-3-10-12(4-2)11-8-6-5-7-9-11/h5-9H,3-4,10H2,1-2H3. The molecule has 1 unspecified atom stereocenters. The molecule has 1 rings (SSSR count). The molecule has 1 atom stereocenters. The van der Waals surface area contributed by atoms with E-state index in [0.717, 1.165) is 0 Å². The summed E-state index contributed by atoms with van der Waals surface area (Å²) in [6.45, 7) is 4.63. The van der Waals surface area contributed by atoms with Crippen molar-refractivity contribution >= 4 is 19.0 Å². The van der Waals surface area contributed by atoms with E-state index in [9.17, 15) is 0 Å². The first-order valence-corrected chi connectivity index (χ1v) is 8.27. The van der Waals surface area contributed by atoms with Crippen LogP contribution in [0.1, 0.15) is 20.3 Å². The summed E-state index contributed by atoms with van der Waals surface area (Å²) in [4.78, 5) is 0. The Labute approximate surface area is 80.3 Å². The van der Waals surface area contributed by atoms with Gasteiger partial charge >= 0.3 is 80.0 Å². The average Bonchev–Trinajstić information content (AvgIpc) is 2.15. The third kappa shape index (κ3) is 2.68. The molecule has 0 aliphatic heterocycles. The van der Waals surface area contributed by atoms with Crippen molar-refractivity contribution in [3.05, 3.63) is 30.3 Å². The Hall–Kier alpha value is -0.222. The van der Waals surface area contributed by atoms with Gasteiger partial charge in [-0.2, -0.15) is 0 Å². The second kappa shape index (κ2) is 5.43. The summed E-state index contributed by atoms with van der Waals surface area (Å²) in [6, 6.07) is 11.1. The van der Waals surface area contributed by atoms with Gasteiger partial charge in [-0.05, 0) is 0 Å². The van der Waals surface area contributed by atoms with Gasteiger partial charge in [0.2, 0.25) is 0 Å². The summed E-state index contributed by atoms with van der Waals surface area (Å²) in [6.07, 6.45) is 1.35. The molecule has 0 heterocycles. The van der Waals surface area contributed by atoms with Crippen LogP contribution < -0.4 is 4.35 Å². The van der Waals surface area contributed by atoms with Crippen molar-refractivity contribution in [2.45, 2.75) is 30.7 Å². The van der Waals surface area contributed by atoms with Crippen LogP contribution in [-0.4, -0.2) is 14.7 Å². The minimum atomic E-state index is -0.639. The molecule has 0 nitrogen and oxygen atoms in total. The van der Waals surface area contributed by atoms with E-state index in [0.29, 0.717) is 0 Å². The van der Waals surface area contributed by atoms with Crippen molar-refractivity contribution < 1.29 is 0 Å². The van der Waals surface area contributed by atoms with Gasteiger partial charge in [0.1, 0.15) is 0 Å². The van der Waals surface area contributed by atoms with Gasteiger partial charge in [0.25, 0.3) is 0 Å². The van der Waals surface area contributed by atoms with Crippen LogP contribution >= 0.6 is 0 Å². The molecule has 0 amide bonds. The molecule has 0 saturated carbocycles. The maximum atomic E-state index is 2.34. The first-order valence-electron chi connectivity index (χ1n) is 4.68. The van der Waals surface area contributed by atoms with E-state index in [-0.39, 0.29) is 0 Å². The maximum absolute atomic E-state index is 2.34. The van der Waals surface area contributed by atoms with Crippen molar-refractivity contribution in [3.8, 4) is 0 Å². The Morgan fingerprint density at radius 3 is 2.25 bits per heavy atom. The van der Waals surface area contributed by atoms with Crippen molar-refractivity contribution in [2.75, 3.05) is 0 Å². The van der Waals surface area contributed by atoms with Gasteiger partial charge in [-0.15, -0.1) is 0 Å². The molecule has 66 valence electrons. The predicted molar refractivity (Wildman–Crippen MR) is 57.4 cm³/mol. The molecular formula is C11H17As. The SMILES string of the molecule is CCC[As](CC)c1ccccc1. The third-order valence-corrected chi connectivity index (χ3v) is 7.83. The molecule has 0 aliphatic rings. The summed E-state index contributed by atoms with van der Waals surface area (Å²) in [5.41, 5.74) is 0. The molecule has 1 aromatic rings. The second-order valence-electron chi connectivity index (χ2n) is 2.92. The Bertz CT molecular complexity index is 206. The normalized spacial score (nSPS) is 12.8. The summed E-state index contributed by atoms with van der Waals surface area (Å²) < 4.78 is 1.65. The van der Waals surface area contributed by atoms with E-state index >= 15 is 0 Å². The zero-order valence-electron chi connectivity index (χ0n) is 7.96. The van der Waals surface area contributed by atoms with Crippen LogP contribution in [0, 0.1) is 0 Å². The molecule has 1 aromatic carbocycles. The first-order chi connectivity index (χ1) is 5.88. The number of hydrogen-bond donors (Lipinski definition) is 0. The Morgan fingerprint density at radius 1 is 1.08 bits per heavy atom. The summed E-state index contributed by atoms with van der Waals surface area (Å²) in [5.74, 6) is 0. The van der Waals surface area contributed by atoms with Crippen LogP contribution in [0.2, 0.25) is 10.4 Å². The number of benzene rings is 1. The van der Waals surface area contributed by atoms with E-state index in [4.69, 9.17) is 0 Å². The molecule has 0 spiro atoms. The van der Waals surface area contributed by atoms with Crippen molar-refractivity contribution in [1.29, 1.82) is 0 Å². The van der Waals surface area contributed by atoms with Crippen LogP contribution in [0.4, 0.5) is 0 Å². The fourth-order valence-corrected chi connectivity index (χ4v) is 5.73. The van der Waals surface area contributed by atoms with Crippen LogP contribution in [0.5, 0.6) is 0 Å². The van der Waals surface area contributed by atoms with E-state index in [1.165, 1.54) is 16.8 Å². The van der Waals surface area contributed by atoms with E-state index in [1.807, 2.05) is 0 Å². The molecule has 0 N–H and O–H groups in total. The fourth-order valence-electron chi connectivity index (χ4n) is 1.38. The molecule has 0 radical (unpaired) electrons. The third-order valence-electron chi connectivity index (χ3n) is 2.00. The second-order valence-corrected chi connectivity index (χ2v) is 8.53. The molecule has 0 fully saturated rings. The van der Waals surface area contributed by atoms with Crippen molar-refractivity contribution in [3.63, 3.8) is 0 Å². The predicted octanol–water partition coefficient (Wildman–Crippen LogP) is 2.82. The number of hydrogen-bond acceptors (Lipinski definition) is 0. The summed E-state index contributed by atoms with van der Waals surface area (Å²) in [5, 5.41) is 2.87. The van der Waals surface area contributed by atoms with E-state index < -0.39 is 14.7 Å². The van der Waals surface area contributed by atoms with Gasteiger partial charge in [0, 0.05) is 0 Å². The molecular weight excluding hydrogens is 207 g/mol.